The van der Waals surface area contributed by atoms with Crippen LogP contribution in [0.4, 0.5) is 0 Å². The molecule has 2 heterocycles. The Kier molecular flexibility index (Phi) is 6.89. The summed E-state index contributed by atoms with van der Waals surface area (Å²) in [5.74, 6) is 5.16. The van der Waals surface area contributed by atoms with E-state index in [2.05, 4.69) is 176 Å². The van der Waals surface area contributed by atoms with E-state index in [-0.39, 0.29) is 10.8 Å². The average molecular weight is 823 g/mol. The van der Waals surface area contributed by atoms with Crippen LogP contribution in [-0.2, 0) is 10.8 Å². The van der Waals surface area contributed by atoms with Gasteiger partial charge in [-0.15, -0.1) is 0 Å². The van der Waals surface area contributed by atoms with Crippen LogP contribution >= 0.6 is 0 Å². The van der Waals surface area contributed by atoms with Crippen molar-refractivity contribution in [2.75, 3.05) is 0 Å². The largest absolute Gasteiger partial charge is 0.278 e. The lowest BCUT2D eigenvalue weighted by molar-refractivity contribution is -0.0399. The van der Waals surface area contributed by atoms with Crippen molar-refractivity contribution < 1.29 is 0 Å². The van der Waals surface area contributed by atoms with Gasteiger partial charge in [-0.05, 0) is 146 Å². The average Bonchev–Trinajstić information content (AvgIpc) is 3.90. The van der Waals surface area contributed by atoms with Gasteiger partial charge in [-0.2, -0.15) is 9.97 Å². The predicted molar refractivity (Wildman–Crippen MR) is 261 cm³/mol. The van der Waals surface area contributed by atoms with Crippen molar-refractivity contribution in [1.29, 1.82) is 0 Å². The van der Waals surface area contributed by atoms with Crippen molar-refractivity contribution in [1.82, 2.24) is 19.5 Å². The standard InChI is InChI=1S/C60H46N4/c1-59(2)48-20-9-7-17-43(48)44-23-22-39(32-51(44)59)56-61-57(45-19-11-15-36-12-5-6-16-42(36)45)63-58(62-56)64-52-25-24-50-54(55(52)47-31-37-13-3-4-14-38(37)33-53(47)64)46-18-8-10-21-49(46)60(50)40-27-34-26-35(29-40)30-41(60)28-34/h3-25,31-35,40-41H,26-30H2,1-2H3. The fourth-order valence-electron chi connectivity index (χ4n) is 14.6. The quantitative estimate of drug-likeness (QED) is 0.178. The molecular formula is C60H46N4. The van der Waals surface area contributed by atoms with E-state index in [9.17, 15) is 0 Å². The zero-order valence-corrected chi connectivity index (χ0v) is 36.1. The van der Waals surface area contributed by atoms with Gasteiger partial charge >= 0.3 is 0 Å². The number of fused-ring (bicyclic) bond motifs is 12. The summed E-state index contributed by atoms with van der Waals surface area (Å²) in [6.45, 7) is 4.68. The summed E-state index contributed by atoms with van der Waals surface area (Å²) in [6.07, 6.45) is 6.90. The molecule has 4 fully saturated rings. The van der Waals surface area contributed by atoms with Crippen LogP contribution < -0.4 is 0 Å². The minimum atomic E-state index is -0.157. The Labute approximate surface area is 372 Å². The predicted octanol–water partition coefficient (Wildman–Crippen LogP) is 14.6. The molecule has 4 saturated carbocycles. The lowest BCUT2D eigenvalue weighted by Crippen LogP contribution is -2.55. The van der Waals surface area contributed by atoms with Crippen LogP contribution in [0.5, 0.6) is 0 Å². The first kappa shape index (κ1) is 35.5. The molecule has 16 rings (SSSR count). The van der Waals surface area contributed by atoms with Gasteiger partial charge in [0.15, 0.2) is 11.6 Å². The Morgan fingerprint density at radius 3 is 1.91 bits per heavy atom. The van der Waals surface area contributed by atoms with E-state index in [0.29, 0.717) is 29.4 Å². The molecule has 0 saturated heterocycles. The van der Waals surface area contributed by atoms with Crippen LogP contribution in [0.2, 0.25) is 0 Å². The van der Waals surface area contributed by atoms with Crippen molar-refractivity contribution in [2.45, 2.75) is 56.8 Å². The van der Waals surface area contributed by atoms with E-state index < -0.39 is 0 Å². The summed E-state index contributed by atoms with van der Waals surface area (Å²) in [7, 11) is 0. The maximum atomic E-state index is 5.58. The summed E-state index contributed by atoms with van der Waals surface area (Å²) in [5, 5.41) is 7.32. The minimum absolute atomic E-state index is 0.0711. The normalized spacial score (nSPS) is 23.0. The molecule has 0 unspecified atom stereocenters. The van der Waals surface area contributed by atoms with Crippen molar-refractivity contribution in [3.8, 4) is 51.0 Å². The number of nitrogens with zero attached hydrogens (tertiary/aromatic N) is 4. The number of hydrogen-bond acceptors (Lipinski definition) is 3. The summed E-state index contributed by atoms with van der Waals surface area (Å²) in [4.78, 5) is 16.6. The first-order chi connectivity index (χ1) is 31.4. The maximum Gasteiger partial charge on any atom is 0.238 e. The minimum Gasteiger partial charge on any atom is -0.278 e. The van der Waals surface area contributed by atoms with E-state index >= 15 is 0 Å². The third kappa shape index (κ3) is 4.51. The fourth-order valence-corrected chi connectivity index (χ4v) is 14.6. The molecule has 6 aliphatic carbocycles. The smallest absolute Gasteiger partial charge is 0.238 e. The van der Waals surface area contributed by atoms with Crippen LogP contribution in [0.1, 0.15) is 68.2 Å². The van der Waals surface area contributed by atoms with Gasteiger partial charge in [-0.3, -0.25) is 4.57 Å². The highest BCUT2D eigenvalue weighted by molar-refractivity contribution is 6.20. The third-order valence-corrected chi connectivity index (χ3v) is 17.0. The number of rotatable bonds is 3. The molecular weight excluding hydrogens is 777 g/mol. The Balaban J connectivity index is 1.03. The highest BCUT2D eigenvalue weighted by Crippen LogP contribution is 2.70. The molecule has 6 aliphatic rings. The molecule has 2 aromatic heterocycles. The van der Waals surface area contributed by atoms with Crippen LogP contribution in [0.3, 0.4) is 0 Å². The van der Waals surface area contributed by atoms with Crippen LogP contribution in [0.25, 0.3) is 94.3 Å². The Morgan fingerprint density at radius 1 is 0.453 bits per heavy atom. The van der Waals surface area contributed by atoms with E-state index in [1.54, 1.807) is 11.1 Å². The first-order valence-electron chi connectivity index (χ1n) is 23.5. The lowest BCUT2D eigenvalue weighted by atomic mass is 9.43. The zero-order chi connectivity index (χ0) is 42.1. The molecule has 64 heavy (non-hydrogen) atoms. The molecule has 1 spiro atoms. The second-order valence-corrected chi connectivity index (χ2v) is 20.4. The monoisotopic (exact) mass is 822 g/mol. The molecule has 0 amide bonds. The van der Waals surface area contributed by atoms with Crippen molar-refractivity contribution in [3.05, 3.63) is 180 Å². The highest BCUT2D eigenvalue weighted by Gasteiger charge is 2.61. The van der Waals surface area contributed by atoms with E-state index in [0.717, 1.165) is 44.8 Å². The van der Waals surface area contributed by atoms with E-state index in [1.165, 1.54) is 87.0 Å². The molecule has 0 N–H and O–H groups in total. The van der Waals surface area contributed by atoms with Crippen LogP contribution in [0.15, 0.2) is 158 Å². The summed E-state index contributed by atoms with van der Waals surface area (Å²) < 4.78 is 2.37. The van der Waals surface area contributed by atoms with Gasteiger partial charge < -0.3 is 0 Å². The second-order valence-electron chi connectivity index (χ2n) is 20.4. The van der Waals surface area contributed by atoms with Crippen LogP contribution in [0, 0.1) is 23.7 Å². The first-order valence-corrected chi connectivity index (χ1v) is 23.5. The van der Waals surface area contributed by atoms with Gasteiger partial charge in [0.1, 0.15) is 0 Å². The molecule has 8 aromatic carbocycles. The van der Waals surface area contributed by atoms with E-state index in [1.807, 2.05) is 0 Å². The molecule has 4 bridgehead atoms. The Hall–Kier alpha value is -6.91. The van der Waals surface area contributed by atoms with Gasteiger partial charge in [0, 0.05) is 32.7 Å². The molecule has 0 radical (unpaired) electrons. The molecule has 4 heteroatoms. The van der Waals surface area contributed by atoms with E-state index in [4.69, 9.17) is 15.0 Å². The molecule has 306 valence electrons. The van der Waals surface area contributed by atoms with Gasteiger partial charge in [-0.1, -0.05) is 147 Å². The van der Waals surface area contributed by atoms with Gasteiger partial charge in [0.05, 0.1) is 11.0 Å². The van der Waals surface area contributed by atoms with Crippen LogP contribution in [-0.4, -0.2) is 19.5 Å². The molecule has 0 aliphatic heterocycles. The summed E-state index contributed by atoms with van der Waals surface area (Å²) in [6, 6.07) is 58.9. The number of aromatic nitrogens is 4. The Bertz CT molecular complexity index is 3650. The van der Waals surface area contributed by atoms with Crippen molar-refractivity contribution in [3.63, 3.8) is 0 Å². The molecule has 10 aromatic rings. The SMILES string of the molecule is CC1(C)c2ccccc2-c2ccc(-c3nc(-c4cccc5ccccc45)nc(-n4c5cc6ccccc6cc5c5c6c(ccc54)C4(c5ccccc5-6)C5CC6CC(C5)CC4C6)n3)cc21. The topological polar surface area (TPSA) is 43.6 Å². The van der Waals surface area contributed by atoms with Gasteiger partial charge in [-0.25, -0.2) is 4.98 Å². The third-order valence-electron chi connectivity index (χ3n) is 17.0. The highest BCUT2D eigenvalue weighted by atomic mass is 15.2. The fraction of sp³-hybridized carbons (Fsp3) is 0.217. The molecule has 0 atom stereocenters. The van der Waals surface area contributed by atoms with Crippen molar-refractivity contribution in [2.24, 2.45) is 23.7 Å². The molecule has 4 nitrogen and oxygen atoms in total. The Morgan fingerprint density at radius 2 is 1.09 bits per heavy atom. The van der Waals surface area contributed by atoms with Gasteiger partial charge in [0.2, 0.25) is 5.95 Å². The maximum absolute atomic E-state index is 5.58. The van der Waals surface area contributed by atoms with Gasteiger partial charge in [0.25, 0.3) is 0 Å². The summed E-state index contributed by atoms with van der Waals surface area (Å²) in [5.41, 5.74) is 15.4. The van der Waals surface area contributed by atoms with Crippen molar-refractivity contribution >= 4 is 43.4 Å². The number of hydrogen-bond donors (Lipinski definition) is 0. The number of benzene rings is 8. The summed E-state index contributed by atoms with van der Waals surface area (Å²) >= 11 is 0. The second kappa shape index (κ2) is 12.4. The zero-order valence-electron chi connectivity index (χ0n) is 36.1. The lowest BCUT2D eigenvalue weighted by Gasteiger charge is -2.61.